The zero-order chi connectivity index (χ0) is 12.8. The molecule has 1 saturated carbocycles. The van der Waals surface area contributed by atoms with Gasteiger partial charge in [-0.05, 0) is 26.2 Å². The molecule has 5 N–H and O–H groups in total. The highest BCUT2D eigenvalue weighted by Crippen LogP contribution is 2.24. The van der Waals surface area contributed by atoms with Crippen LogP contribution < -0.4 is 16.8 Å². The maximum Gasteiger partial charge on any atom is 0.222 e. The molecule has 1 aliphatic rings. The number of hydrogen-bond acceptors (Lipinski definition) is 3. The lowest BCUT2D eigenvalue weighted by atomic mass is 9.84. The Morgan fingerprint density at radius 3 is 2.59 bits per heavy atom. The van der Waals surface area contributed by atoms with Gasteiger partial charge in [0.05, 0.1) is 5.92 Å². The molecule has 1 aliphatic carbocycles. The largest absolute Gasteiger partial charge is 0.369 e. The minimum Gasteiger partial charge on any atom is -0.369 e. The van der Waals surface area contributed by atoms with Crippen LogP contribution in [0.4, 0.5) is 0 Å². The number of carbonyl (C=O) groups is 2. The zero-order valence-electron chi connectivity index (χ0n) is 10.4. The Balaban J connectivity index is 2.42. The van der Waals surface area contributed by atoms with E-state index in [0.29, 0.717) is 12.8 Å². The van der Waals surface area contributed by atoms with Crippen molar-refractivity contribution in [3.05, 3.63) is 0 Å². The van der Waals surface area contributed by atoms with Crippen LogP contribution in [-0.2, 0) is 9.59 Å². The highest BCUT2D eigenvalue weighted by atomic mass is 16.2. The predicted octanol–water partition coefficient (Wildman–Crippen LogP) is 0.274. The lowest BCUT2D eigenvalue weighted by Gasteiger charge is -2.30. The average Bonchev–Trinajstić information content (AvgIpc) is 2.27. The van der Waals surface area contributed by atoms with Gasteiger partial charge in [-0.2, -0.15) is 0 Å². The van der Waals surface area contributed by atoms with Gasteiger partial charge in [-0.25, -0.2) is 0 Å². The molecule has 5 nitrogen and oxygen atoms in total. The van der Waals surface area contributed by atoms with E-state index in [0.717, 1.165) is 25.7 Å². The summed E-state index contributed by atoms with van der Waals surface area (Å²) in [7, 11) is 0. The molecule has 0 aromatic rings. The van der Waals surface area contributed by atoms with Crippen molar-refractivity contribution in [3.63, 3.8) is 0 Å². The molecule has 0 aromatic carbocycles. The maximum atomic E-state index is 11.7. The number of amides is 2. The van der Waals surface area contributed by atoms with Crippen molar-refractivity contribution < 1.29 is 9.59 Å². The van der Waals surface area contributed by atoms with E-state index in [2.05, 4.69) is 5.32 Å². The van der Waals surface area contributed by atoms with Crippen molar-refractivity contribution in [2.24, 2.45) is 17.4 Å². The third-order valence-corrected chi connectivity index (χ3v) is 3.30. The maximum absolute atomic E-state index is 11.7. The van der Waals surface area contributed by atoms with Crippen LogP contribution in [-0.4, -0.2) is 23.9 Å². The number of primary amides is 1. The SMILES string of the molecule is CC(N)CCC(=O)NC1CCCCC1C(N)=O. The smallest absolute Gasteiger partial charge is 0.222 e. The fourth-order valence-electron chi connectivity index (χ4n) is 2.28. The number of hydrogen-bond donors (Lipinski definition) is 3. The van der Waals surface area contributed by atoms with Crippen LogP contribution >= 0.6 is 0 Å². The van der Waals surface area contributed by atoms with Gasteiger partial charge >= 0.3 is 0 Å². The Morgan fingerprint density at radius 1 is 1.35 bits per heavy atom. The molecule has 17 heavy (non-hydrogen) atoms. The first-order valence-corrected chi connectivity index (χ1v) is 6.35. The Kier molecular flexibility index (Phi) is 5.41. The lowest BCUT2D eigenvalue weighted by Crippen LogP contribution is -2.47. The van der Waals surface area contributed by atoms with Crippen LogP contribution in [0.1, 0.15) is 45.4 Å². The van der Waals surface area contributed by atoms with Crippen molar-refractivity contribution in [1.82, 2.24) is 5.32 Å². The van der Waals surface area contributed by atoms with Crippen LogP contribution in [0.2, 0.25) is 0 Å². The second-order valence-corrected chi connectivity index (χ2v) is 4.98. The first-order chi connectivity index (χ1) is 8.00. The molecule has 3 unspecified atom stereocenters. The number of nitrogens with two attached hydrogens (primary N) is 2. The Morgan fingerprint density at radius 2 is 2.00 bits per heavy atom. The number of rotatable bonds is 5. The van der Waals surface area contributed by atoms with Gasteiger partial charge in [-0.1, -0.05) is 12.8 Å². The van der Waals surface area contributed by atoms with Crippen molar-refractivity contribution >= 4 is 11.8 Å². The van der Waals surface area contributed by atoms with Gasteiger partial charge in [0.2, 0.25) is 11.8 Å². The van der Waals surface area contributed by atoms with Crippen molar-refractivity contribution in [1.29, 1.82) is 0 Å². The molecular weight excluding hydrogens is 218 g/mol. The third-order valence-electron chi connectivity index (χ3n) is 3.30. The van der Waals surface area contributed by atoms with E-state index in [1.165, 1.54) is 0 Å². The Hall–Kier alpha value is -1.10. The first kappa shape index (κ1) is 14.0. The lowest BCUT2D eigenvalue weighted by molar-refractivity contribution is -0.126. The van der Waals surface area contributed by atoms with Crippen LogP contribution in [0.15, 0.2) is 0 Å². The number of nitrogens with one attached hydrogen (secondary N) is 1. The average molecular weight is 241 g/mol. The molecule has 0 heterocycles. The minimum absolute atomic E-state index is 0.0269. The molecule has 0 radical (unpaired) electrons. The number of carbonyl (C=O) groups excluding carboxylic acids is 2. The van der Waals surface area contributed by atoms with E-state index in [9.17, 15) is 9.59 Å². The summed E-state index contributed by atoms with van der Waals surface area (Å²) < 4.78 is 0. The van der Waals surface area contributed by atoms with Gasteiger partial charge in [0.15, 0.2) is 0 Å². The summed E-state index contributed by atoms with van der Waals surface area (Å²) in [5, 5.41) is 2.91. The van der Waals surface area contributed by atoms with Crippen LogP contribution in [0.25, 0.3) is 0 Å². The summed E-state index contributed by atoms with van der Waals surface area (Å²) in [6.07, 6.45) is 4.77. The summed E-state index contributed by atoms with van der Waals surface area (Å²) >= 11 is 0. The molecule has 0 saturated heterocycles. The monoisotopic (exact) mass is 241 g/mol. The standard InChI is InChI=1S/C12H23N3O2/c1-8(13)6-7-11(16)15-10-5-3-2-4-9(10)12(14)17/h8-10H,2-7,13H2,1H3,(H2,14,17)(H,15,16). The van der Waals surface area contributed by atoms with Gasteiger partial charge in [0.25, 0.3) is 0 Å². The summed E-state index contributed by atoms with van der Waals surface area (Å²) in [5.74, 6) is -0.536. The van der Waals surface area contributed by atoms with Crippen molar-refractivity contribution in [3.8, 4) is 0 Å². The predicted molar refractivity (Wildman–Crippen MR) is 66.0 cm³/mol. The highest BCUT2D eigenvalue weighted by molar-refractivity contribution is 5.80. The van der Waals surface area contributed by atoms with Crippen LogP contribution in [0.3, 0.4) is 0 Å². The molecule has 0 spiro atoms. The summed E-state index contributed by atoms with van der Waals surface area (Å²) in [6, 6.07) is -0.0547. The fraction of sp³-hybridized carbons (Fsp3) is 0.833. The van der Waals surface area contributed by atoms with Gasteiger partial charge in [-0.15, -0.1) is 0 Å². The normalized spacial score (nSPS) is 26.2. The third kappa shape index (κ3) is 4.73. The Labute approximate surface area is 102 Å². The van der Waals surface area contributed by atoms with E-state index in [1.807, 2.05) is 6.92 Å². The van der Waals surface area contributed by atoms with Gasteiger partial charge < -0.3 is 16.8 Å². The van der Waals surface area contributed by atoms with E-state index in [-0.39, 0.29) is 29.8 Å². The molecule has 0 aliphatic heterocycles. The molecule has 1 rings (SSSR count). The van der Waals surface area contributed by atoms with Gasteiger partial charge in [0, 0.05) is 18.5 Å². The van der Waals surface area contributed by atoms with E-state index in [1.54, 1.807) is 0 Å². The molecule has 5 heteroatoms. The zero-order valence-corrected chi connectivity index (χ0v) is 10.4. The van der Waals surface area contributed by atoms with Gasteiger partial charge in [0.1, 0.15) is 0 Å². The summed E-state index contributed by atoms with van der Waals surface area (Å²) in [4.78, 5) is 22.9. The van der Waals surface area contributed by atoms with Crippen molar-refractivity contribution in [2.45, 2.75) is 57.5 Å². The molecule has 0 bridgehead atoms. The molecule has 98 valence electrons. The van der Waals surface area contributed by atoms with E-state index < -0.39 is 0 Å². The van der Waals surface area contributed by atoms with E-state index >= 15 is 0 Å². The van der Waals surface area contributed by atoms with Crippen LogP contribution in [0, 0.1) is 5.92 Å². The quantitative estimate of drug-likeness (QED) is 0.644. The van der Waals surface area contributed by atoms with Crippen molar-refractivity contribution in [2.75, 3.05) is 0 Å². The Bertz CT molecular complexity index is 279. The molecular formula is C12H23N3O2. The highest BCUT2D eigenvalue weighted by Gasteiger charge is 2.30. The molecule has 1 fully saturated rings. The van der Waals surface area contributed by atoms with E-state index in [4.69, 9.17) is 11.5 Å². The molecule has 0 aromatic heterocycles. The topological polar surface area (TPSA) is 98.2 Å². The molecule has 2 amide bonds. The molecule has 3 atom stereocenters. The fourth-order valence-corrected chi connectivity index (χ4v) is 2.28. The van der Waals surface area contributed by atoms with Gasteiger partial charge in [-0.3, -0.25) is 9.59 Å². The second-order valence-electron chi connectivity index (χ2n) is 4.98. The second kappa shape index (κ2) is 6.59. The van der Waals surface area contributed by atoms with Crippen LogP contribution in [0.5, 0.6) is 0 Å². The first-order valence-electron chi connectivity index (χ1n) is 6.35. The summed E-state index contributed by atoms with van der Waals surface area (Å²) in [5.41, 5.74) is 10.9. The minimum atomic E-state index is -0.304. The summed E-state index contributed by atoms with van der Waals surface area (Å²) in [6.45, 7) is 1.88.